The molecule has 23 heavy (non-hydrogen) atoms. The minimum atomic E-state index is -4.23. The van der Waals surface area contributed by atoms with Gasteiger partial charge in [0.15, 0.2) is 17.5 Å². The van der Waals surface area contributed by atoms with E-state index in [9.17, 15) is 21.6 Å². The Morgan fingerprint density at radius 2 is 2.04 bits per heavy atom. The molecule has 1 N–H and O–H groups in total. The third-order valence-electron chi connectivity index (χ3n) is 3.83. The van der Waals surface area contributed by atoms with Gasteiger partial charge in [-0.2, -0.15) is 0 Å². The van der Waals surface area contributed by atoms with Crippen LogP contribution in [0.2, 0.25) is 0 Å². The second kappa shape index (κ2) is 7.61. The van der Waals surface area contributed by atoms with Crippen LogP contribution in [0.4, 0.5) is 13.2 Å². The third kappa shape index (κ3) is 4.43. The Morgan fingerprint density at radius 1 is 1.30 bits per heavy atom. The van der Waals surface area contributed by atoms with Crippen LogP contribution in [0.1, 0.15) is 6.42 Å². The van der Waals surface area contributed by atoms with E-state index in [1.54, 1.807) is 7.11 Å². The summed E-state index contributed by atoms with van der Waals surface area (Å²) in [6, 6.07) is 1.31. The van der Waals surface area contributed by atoms with Gasteiger partial charge in [0, 0.05) is 26.7 Å². The molecule has 2 rings (SSSR count). The van der Waals surface area contributed by atoms with Gasteiger partial charge in [-0.25, -0.2) is 26.3 Å². The molecule has 1 aromatic carbocycles. The van der Waals surface area contributed by atoms with E-state index in [1.165, 1.54) is 0 Å². The van der Waals surface area contributed by atoms with Gasteiger partial charge >= 0.3 is 0 Å². The first-order chi connectivity index (χ1) is 10.8. The lowest BCUT2D eigenvalue weighted by molar-refractivity contribution is 0.159. The van der Waals surface area contributed by atoms with Crippen molar-refractivity contribution in [3.8, 4) is 0 Å². The van der Waals surface area contributed by atoms with Crippen molar-refractivity contribution in [1.82, 2.24) is 9.62 Å². The molecule has 0 aromatic heterocycles. The topological polar surface area (TPSA) is 58.6 Å². The van der Waals surface area contributed by atoms with Crippen LogP contribution in [0.25, 0.3) is 0 Å². The molecule has 0 radical (unpaired) electrons. The van der Waals surface area contributed by atoms with Gasteiger partial charge in [-0.3, -0.25) is 0 Å². The van der Waals surface area contributed by atoms with E-state index < -0.39 is 32.4 Å². The standard InChI is InChI=1S/C14H19F3N2O3S/c1-22-7-6-19-5-4-10(9-19)8-18-23(20,21)12-3-2-11(15)13(16)14(12)17/h2-3,10,18H,4-9H2,1H3/t10-/m1/s1. The van der Waals surface area contributed by atoms with Gasteiger partial charge in [0.05, 0.1) is 6.61 Å². The van der Waals surface area contributed by atoms with E-state index in [0.717, 1.165) is 25.6 Å². The van der Waals surface area contributed by atoms with Crippen molar-refractivity contribution in [2.75, 3.05) is 39.9 Å². The van der Waals surface area contributed by atoms with E-state index in [0.29, 0.717) is 19.2 Å². The summed E-state index contributed by atoms with van der Waals surface area (Å²) in [5.41, 5.74) is 0. The maximum Gasteiger partial charge on any atom is 0.243 e. The van der Waals surface area contributed by atoms with Gasteiger partial charge in [-0.05, 0) is 31.0 Å². The zero-order valence-electron chi connectivity index (χ0n) is 12.7. The average Bonchev–Trinajstić information content (AvgIpc) is 2.96. The van der Waals surface area contributed by atoms with Gasteiger partial charge in [0.25, 0.3) is 0 Å². The number of hydrogen-bond donors (Lipinski definition) is 1. The molecule has 5 nitrogen and oxygen atoms in total. The Kier molecular flexibility index (Phi) is 6.01. The summed E-state index contributed by atoms with van der Waals surface area (Å²) in [5, 5.41) is 0. The molecule has 0 bridgehead atoms. The molecule has 130 valence electrons. The SMILES string of the molecule is COCCN1CC[C@H](CNS(=O)(=O)c2ccc(F)c(F)c2F)C1. The Bertz CT molecular complexity index is 655. The summed E-state index contributed by atoms with van der Waals surface area (Å²) in [5.74, 6) is -4.84. The fraction of sp³-hybridized carbons (Fsp3) is 0.571. The maximum atomic E-state index is 13.6. The summed E-state index contributed by atoms with van der Waals surface area (Å²) in [6.45, 7) is 3.00. The third-order valence-corrected chi connectivity index (χ3v) is 5.27. The van der Waals surface area contributed by atoms with Crippen LogP contribution in [-0.4, -0.2) is 53.2 Å². The number of halogens is 3. The number of rotatable bonds is 7. The van der Waals surface area contributed by atoms with Crippen LogP contribution in [0, 0.1) is 23.4 Å². The summed E-state index contributed by atoms with van der Waals surface area (Å²) in [6.07, 6.45) is 0.798. The molecule has 0 aliphatic carbocycles. The lowest BCUT2D eigenvalue weighted by atomic mass is 10.1. The Labute approximate surface area is 133 Å². The normalized spacial score (nSPS) is 19.4. The molecule has 0 spiro atoms. The fourth-order valence-electron chi connectivity index (χ4n) is 2.52. The predicted molar refractivity (Wildman–Crippen MR) is 77.9 cm³/mol. The summed E-state index contributed by atoms with van der Waals surface area (Å²) in [7, 11) is -2.62. The average molecular weight is 352 g/mol. The van der Waals surface area contributed by atoms with Gasteiger partial charge in [-0.1, -0.05) is 0 Å². The van der Waals surface area contributed by atoms with Crippen LogP contribution in [0.3, 0.4) is 0 Å². The van der Waals surface area contributed by atoms with E-state index in [2.05, 4.69) is 9.62 Å². The van der Waals surface area contributed by atoms with Crippen molar-refractivity contribution in [3.63, 3.8) is 0 Å². The number of ether oxygens (including phenoxy) is 1. The van der Waals surface area contributed by atoms with Crippen LogP contribution in [-0.2, 0) is 14.8 Å². The lowest BCUT2D eigenvalue weighted by Crippen LogP contribution is -2.32. The molecule has 1 aliphatic rings. The monoisotopic (exact) mass is 352 g/mol. The Hall–Kier alpha value is -1.16. The molecule has 1 fully saturated rings. The van der Waals surface area contributed by atoms with Crippen LogP contribution >= 0.6 is 0 Å². The first kappa shape index (κ1) is 18.2. The number of sulfonamides is 1. The van der Waals surface area contributed by atoms with Crippen molar-refractivity contribution in [2.24, 2.45) is 5.92 Å². The van der Waals surface area contributed by atoms with Gasteiger partial charge in [-0.15, -0.1) is 0 Å². The summed E-state index contributed by atoms with van der Waals surface area (Å²) >= 11 is 0. The van der Waals surface area contributed by atoms with Crippen molar-refractivity contribution in [2.45, 2.75) is 11.3 Å². The molecule has 1 aromatic rings. The molecule has 1 atom stereocenters. The van der Waals surface area contributed by atoms with E-state index in [1.807, 2.05) is 0 Å². The highest BCUT2D eigenvalue weighted by atomic mass is 32.2. The number of likely N-dealkylation sites (tertiary alicyclic amines) is 1. The van der Waals surface area contributed by atoms with E-state index in [4.69, 9.17) is 4.74 Å². The maximum absolute atomic E-state index is 13.6. The first-order valence-corrected chi connectivity index (χ1v) is 8.68. The quantitative estimate of drug-likeness (QED) is 0.753. The number of methoxy groups -OCH3 is 1. The molecule has 0 amide bonds. The van der Waals surface area contributed by atoms with Crippen molar-refractivity contribution < 1.29 is 26.3 Å². The van der Waals surface area contributed by atoms with Crippen LogP contribution in [0.15, 0.2) is 17.0 Å². The zero-order chi connectivity index (χ0) is 17.0. The largest absolute Gasteiger partial charge is 0.383 e. The fourth-order valence-corrected chi connectivity index (χ4v) is 3.71. The van der Waals surface area contributed by atoms with E-state index in [-0.39, 0.29) is 12.5 Å². The Morgan fingerprint density at radius 3 is 2.74 bits per heavy atom. The second-order valence-corrected chi connectivity index (χ2v) is 7.21. The highest BCUT2D eigenvalue weighted by Crippen LogP contribution is 2.20. The molecule has 1 aliphatic heterocycles. The number of hydrogen-bond acceptors (Lipinski definition) is 4. The van der Waals surface area contributed by atoms with Crippen molar-refractivity contribution in [3.05, 3.63) is 29.6 Å². The molecular formula is C14H19F3N2O3S. The first-order valence-electron chi connectivity index (χ1n) is 7.19. The number of benzene rings is 1. The molecule has 0 unspecified atom stereocenters. The second-order valence-electron chi connectivity index (χ2n) is 5.47. The highest BCUT2D eigenvalue weighted by Gasteiger charge is 2.27. The predicted octanol–water partition coefficient (Wildman–Crippen LogP) is 1.35. The van der Waals surface area contributed by atoms with Gasteiger partial charge in [0.1, 0.15) is 4.90 Å². The minimum absolute atomic E-state index is 0.0787. The summed E-state index contributed by atoms with van der Waals surface area (Å²) < 4.78 is 71.0. The number of nitrogens with zero attached hydrogens (tertiary/aromatic N) is 1. The van der Waals surface area contributed by atoms with Gasteiger partial charge in [0.2, 0.25) is 10.0 Å². The van der Waals surface area contributed by atoms with Crippen LogP contribution < -0.4 is 4.72 Å². The van der Waals surface area contributed by atoms with Crippen molar-refractivity contribution >= 4 is 10.0 Å². The number of nitrogens with one attached hydrogen (secondary N) is 1. The molecule has 0 saturated carbocycles. The van der Waals surface area contributed by atoms with Crippen molar-refractivity contribution in [1.29, 1.82) is 0 Å². The zero-order valence-corrected chi connectivity index (χ0v) is 13.5. The van der Waals surface area contributed by atoms with E-state index >= 15 is 0 Å². The smallest absolute Gasteiger partial charge is 0.243 e. The lowest BCUT2D eigenvalue weighted by Gasteiger charge is -2.15. The highest BCUT2D eigenvalue weighted by molar-refractivity contribution is 7.89. The minimum Gasteiger partial charge on any atom is -0.383 e. The van der Waals surface area contributed by atoms with Gasteiger partial charge < -0.3 is 9.64 Å². The molecular weight excluding hydrogens is 333 g/mol. The van der Waals surface area contributed by atoms with Crippen LogP contribution in [0.5, 0.6) is 0 Å². The Balaban J connectivity index is 1.97. The molecule has 1 saturated heterocycles. The summed E-state index contributed by atoms with van der Waals surface area (Å²) in [4.78, 5) is 1.26. The molecule has 9 heteroatoms. The molecule has 1 heterocycles.